The summed E-state index contributed by atoms with van der Waals surface area (Å²) < 4.78 is 13.4. The molecule has 21 heavy (non-hydrogen) atoms. The standard InChI is InChI=1S/C16H21FN2O2/c17-13-4-5-15(16(20)21)12(9-13)10-18-6-2-8-19-7-1-3-14(19)11-18/h4-5,9,14H,1-3,6-8,10-11H2,(H,20,21). The van der Waals surface area contributed by atoms with Crippen LogP contribution < -0.4 is 0 Å². The Kier molecular flexibility index (Phi) is 4.22. The highest BCUT2D eigenvalue weighted by Gasteiger charge is 2.29. The first kappa shape index (κ1) is 14.5. The summed E-state index contributed by atoms with van der Waals surface area (Å²) in [5.74, 6) is -1.35. The number of aromatic carboxylic acids is 1. The Hall–Kier alpha value is -1.46. The molecule has 0 amide bonds. The van der Waals surface area contributed by atoms with E-state index < -0.39 is 5.97 Å². The number of carboxylic acids is 1. The molecule has 0 radical (unpaired) electrons. The lowest BCUT2D eigenvalue weighted by atomic mass is 10.1. The Morgan fingerprint density at radius 3 is 2.90 bits per heavy atom. The van der Waals surface area contributed by atoms with Gasteiger partial charge in [-0.1, -0.05) is 0 Å². The summed E-state index contributed by atoms with van der Waals surface area (Å²) in [4.78, 5) is 16.1. The van der Waals surface area contributed by atoms with Crippen LogP contribution in [0.4, 0.5) is 4.39 Å². The lowest BCUT2D eigenvalue weighted by Crippen LogP contribution is -2.36. The van der Waals surface area contributed by atoms with E-state index in [0.29, 0.717) is 18.2 Å². The molecule has 4 nitrogen and oxygen atoms in total. The van der Waals surface area contributed by atoms with Crippen LogP contribution in [0.2, 0.25) is 0 Å². The van der Waals surface area contributed by atoms with Crippen LogP contribution >= 0.6 is 0 Å². The van der Waals surface area contributed by atoms with E-state index in [9.17, 15) is 14.3 Å². The van der Waals surface area contributed by atoms with Gasteiger partial charge in [-0.3, -0.25) is 9.80 Å². The molecule has 3 rings (SSSR count). The van der Waals surface area contributed by atoms with Crippen LogP contribution in [0.25, 0.3) is 0 Å². The third-order valence-electron chi connectivity index (χ3n) is 4.58. The normalized spacial score (nSPS) is 23.8. The van der Waals surface area contributed by atoms with Gasteiger partial charge in [-0.25, -0.2) is 9.18 Å². The maximum Gasteiger partial charge on any atom is 0.336 e. The van der Waals surface area contributed by atoms with Crippen LogP contribution in [0.3, 0.4) is 0 Å². The highest BCUT2D eigenvalue weighted by Crippen LogP contribution is 2.23. The molecule has 2 aliphatic heterocycles. The first-order valence-corrected chi connectivity index (χ1v) is 7.61. The lowest BCUT2D eigenvalue weighted by Gasteiger charge is -2.26. The molecule has 1 N–H and O–H groups in total. The minimum atomic E-state index is -0.984. The number of carbonyl (C=O) groups is 1. The second-order valence-electron chi connectivity index (χ2n) is 6.03. The second-order valence-corrected chi connectivity index (χ2v) is 6.03. The molecule has 1 aromatic carbocycles. The molecular weight excluding hydrogens is 271 g/mol. The number of hydrogen-bond donors (Lipinski definition) is 1. The van der Waals surface area contributed by atoms with Gasteiger partial charge in [-0.2, -0.15) is 0 Å². The van der Waals surface area contributed by atoms with Gasteiger partial charge in [0.1, 0.15) is 5.82 Å². The zero-order valence-corrected chi connectivity index (χ0v) is 12.1. The average molecular weight is 292 g/mol. The van der Waals surface area contributed by atoms with Crippen LogP contribution in [0.15, 0.2) is 18.2 Å². The summed E-state index contributed by atoms with van der Waals surface area (Å²) >= 11 is 0. The quantitative estimate of drug-likeness (QED) is 0.927. The molecule has 2 heterocycles. The first-order valence-electron chi connectivity index (χ1n) is 7.61. The summed E-state index contributed by atoms with van der Waals surface area (Å²) in [6.45, 7) is 4.72. The van der Waals surface area contributed by atoms with Crippen molar-refractivity contribution in [1.29, 1.82) is 0 Å². The predicted octanol–water partition coefficient (Wildman–Crippen LogP) is 2.19. The molecule has 0 aromatic heterocycles. The van der Waals surface area contributed by atoms with Crippen LogP contribution in [-0.4, -0.2) is 53.1 Å². The van der Waals surface area contributed by atoms with Crippen LogP contribution in [0, 0.1) is 5.82 Å². The van der Waals surface area contributed by atoms with Crippen molar-refractivity contribution in [3.05, 3.63) is 35.1 Å². The van der Waals surface area contributed by atoms with Crippen molar-refractivity contribution in [3.8, 4) is 0 Å². The van der Waals surface area contributed by atoms with Crippen molar-refractivity contribution in [3.63, 3.8) is 0 Å². The SMILES string of the molecule is O=C(O)c1ccc(F)cc1CN1CCCN2CCCC2C1. The van der Waals surface area contributed by atoms with E-state index >= 15 is 0 Å². The number of nitrogens with zero attached hydrogens (tertiary/aromatic N) is 2. The highest BCUT2D eigenvalue weighted by atomic mass is 19.1. The van der Waals surface area contributed by atoms with Crippen molar-refractivity contribution in [2.75, 3.05) is 26.2 Å². The van der Waals surface area contributed by atoms with Crippen molar-refractivity contribution in [2.24, 2.45) is 0 Å². The number of halogens is 1. The molecule has 0 spiro atoms. The Bertz CT molecular complexity index is 535. The summed E-state index contributed by atoms with van der Waals surface area (Å²) in [7, 11) is 0. The average Bonchev–Trinajstić information content (AvgIpc) is 2.77. The molecule has 2 aliphatic rings. The number of carboxylic acid groups (broad SMARTS) is 1. The maximum absolute atomic E-state index is 13.4. The number of rotatable bonds is 3. The fourth-order valence-electron chi connectivity index (χ4n) is 3.57. The van der Waals surface area contributed by atoms with Crippen molar-refractivity contribution in [1.82, 2.24) is 9.80 Å². The van der Waals surface area contributed by atoms with E-state index in [-0.39, 0.29) is 11.4 Å². The van der Waals surface area contributed by atoms with Gasteiger partial charge in [-0.15, -0.1) is 0 Å². The fourth-order valence-corrected chi connectivity index (χ4v) is 3.57. The molecule has 0 saturated carbocycles. The molecule has 1 atom stereocenters. The number of hydrogen-bond acceptors (Lipinski definition) is 3. The lowest BCUT2D eigenvalue weighted by molar-refractivity contribution is 0.0694. The summed E-state index contributed by atoms with van der Waals surface area (Å²) in [5, 5.41) is 9.24. The van der Waals surface area contributed by atoms with Gasteiger partial charge in [0.25, 0.3) is 0 Å². The molecular formula is C16H21FN2O2. The van der Waals surface area contributed by atoms with E-state index in [1.54, 1.807) is 0 Å². The predicted molar refractivity (Wildman–Crippen MR) is 77.8 cm³/mol. The van der Waals surface area contributed by atoms with Gasteiger partial charge >= 0.3 is 5.97 Å². The Balaban J connectivity index is 1.76. The van der Waals surface area contributed by atoms with E-state index in [0.717, 1.165) is 26.1 Å². The number of benzene rings is 1. The van der Waals surface area contributed by atoms with Gasteiger partial charge in [0, 0.05) is 19.1 Å². The van der Waals surface area contributed by atoms with Crippen LogP contribution in [0.1, 0.15) is 35.2 Å². The second kappa shape index (κ2) is 6.12. The first-order chi connectivity index (χ1) is 10.1. The topological polar surface area (TPSA) is 43.8 Å². The third kappa shape index (κ3) is 3.24. The summed E-state index contributed by atoms with van der Waals surface area (Å²) in [5.41, 5.74) is 0.790. The van der Waals surface area contributed by atoms with Gasteiger partial charge in [0.05, 0.1) is 5.56 Å². The van der Waals surface area contributed by atoms with Crippen molar-refractivity contribution in [2.45, 2.75) is 31.8 Å². The van der Waals surface area contributed by atoms with E-state index in [2.05, 4.69) is 9.80 Å². The molecule has 114 valence electrons. The summed E-state index contributed by atoms with van der Waals surface area (Å²) in [6, 6.07) is 4.52. The Morgan fingerprint density at radius 2 is 2.10 bits per heavy atom. The zero-order valence-electron chi connectivity index (χ0n) is 12.1. The van der Waals surface area contributed by atoms with Gasteiger partial charge < -0.3 is 5.11 Å². The van der Waals surface area contributed by atoms with Crippen LogP contribution in [0.5, 0.6) is 0 Å². The molecule has 1 aromatic rings. The molecule has 2 saturated heterocycles. The molecule has 0 bridgehead atoms. The molecule has 1 unspecified atom stereocenters. The summed E-state index contributed by atoms with van der Waals surface area (Å²) in [6.07, 6.45) is 3.55. The van der Waals surface area contributed by atoms with Crippen LogP contribution in [-0.2, 0) is 6.54 Å². The van der Waals surface area contributed by atoms with E-state index in [1.807, 2.05) is 0 Å². The van der Waals surface area contributed by atoms with E-state index in [4.69, 9.17) is 0 Å². The van der Waals surface area contributed by atoms with Crippen molar-refractivity contribution < 1.29 is 14.3 Å². The zero-order chi connectivity index (χ0) is 14.8. The highest BCUT2D eigenvalue weighted by molar-refractivity contribution is 5.89. The van der Waals surface area contributed by atoms with Crippen molar-refractivity contribution >= 4 is 5.97 Å². The van der Waals surface area contributed by atoms with E-state index in [1.165, 1.54) is 37.6 Å². The Morgan fingerprint density at radius 1 is 1.29 bits per heavy atom. The molecule has 0 aliphatic carbocycles. The van der Waals surface area contributed by atoms with Gasteiger partial charge in [-0.05, 0) is 62.7 Å². The van der Waals surface area contributed by atoms with Gasteiger partial charge in [0.2, 0.25) is 0 Å². The molecule has 2 fully saturated rings. The largest absolute Gasteiger partial charge is 0.478 e. The third-order valence-corrected chi connectivity index (χ3v) is 4.58. The number of fused-ring (bicyclic) bond motifs is 1. The monoisotopic (exact) mass is 292 g/mol. The minimum absolute atomic E-state index is 0.212. The maximum atomic E-state index is 13.4. The smallest absolute Gasteiger partial charge is 0.336 e. The fraction of sp³-hybridized carbons (Fsp3) is 0.562. The van der Waals surface area contributed by atoms with Gasteiger partial charge in [0.15, 0.2) is 0 Å². The molecule has 5 heteroatoms. The minimum Gasteiger partial charge on any atom is -0.478 e. The Labute approximate surface area is 124 Å².